The summed E-state index contributed by atoms with van der Waals surface area (Å²) >= 11 is 2.19. The maximum atomic E-state index is 12.3. The van der Waals surface area contributed by atoms with Gasteiger partial charge < -0.3 is 20.6 Å². The average Bonchev–Trinajstić information content (AvgIpc) is 2.46. The molecule has 3 N–H and O–H groups in total. The number of amides is 1. The van der Waals surface area contributed by atoms with Crippen LogP contribution in [-0.2, 0) is 4.74 Å². The quantitative estimate of drug-likeness (QED) is 0.264. The van der Waals surface area contributed by atoms with E-state index in [2.05, 4.69) is 27.7 Å². The number of benzene rings is 1. The first-order chi connectivity index (χ1) is 9.11. The number of rotatable bonds is 2. The van der Waals surface area contributed by atoms with Crippen molar-refractivity contribution in [1.82, 2.24) is 4.90 Å². The second-order valence-corrected chi connectivity index (χ2v) is 5.39. The fraction of sp³-hybridized carbons (Fsp3) is 0.333. The van der Waals surface area contributed by atoms with Gasteiger partial charge in [0.05, 0.1) is 13.2 Å². The van der Waals surface area contributed by atoms with Crippen LogP contribution in [-0.4, -0.2) is 47.7 Å². The van der Waals surface area contributed by atoms with E-state index in [4.69, 9.17) is 15.7 Å². The second kappa shape index (κ2) is 6.20. The van der Waals surface area contributed by atoms with Crippen LogP contribution in [0.5, 0.6) is 0 Å². The summed E-state index contributed by atoms with van der Waals surface area (Å²) in [7, 11) is 0. The van der Waals surface area contributed by atoms with Crippen molar-refractivity contribution in [3.05, 3.63) is 33.4 Å². The molecule has 1 amide bonds. The number of hydrogen-bond acceptors (Lipinski definition) is 4. The van der Waals surface area contributed by atoms with Gasteiger partial charge in [-0.25, -0.2) is 0 Å². The van der Waals surface area contributed by atoms with Crippen LogP contribution in [0.3, 0.4) is 0 Å². The maximum absolute atomic E-state index is 12.3. The van der Waals surface area contributed by atoms with Crippen molar-refractivity contribution in [2.24, 2.45) is 10.9 Å². The lowest BCUT2D eigenvalue weighted by molar-refractivity contribution is 0.00676. The average molecular weight is 375 g/mol. The normalized spacial score (nSPS) is 20.4. The molecule has 7 heteroatoms. The number of carbonyl (C=O) groups excluding carboxylic acids is 1. The minimum absolute atomic E-state index is 0.0138. The highest BCUT2D eigenvalue weighted by Crippen LogP contribution is 2.13. The molecule has 1 atom stereocenters. The molecule has 0 radical (unpaired) electrons. The van der Waals surface area contributed by atoms with E-state index in [9.17, 15) is 4.79 Å². The SMILES string of the molecule is NC(=NO)C1CN(C(=O)c2ccc(I)cc2)CCO1. The van der Waals surface area contributed by atoms with Crippen molar-refractivity contribution in [2.45, 2.75) is 6.10 Å². The third-order valence-corrected chi connectivity index (χ3v) is 3.61. The summed E-state index contributed by atoms with van der Waals surface area (Å²) < 4.78 is 6.43. The van der Waals surface area contributed by atoms with Gasteiger partial charge in [0.2, 0.25) is 0 Å². The predicted octanol–water partition coefficient (Wildman–Crippen LogP) is 0.879. The molecule has 6 nitrogen and oxygen atoms in total. The van der Waals surface area contributed by atoms with Gasteiger partial charge in [0, 0.05) is 15.7 Å². The first kappa shape index (κ1) is 14.1. The van der Waals surface area contributed by atoms with Crippen molar-refractivity contribution in [3.8, 4) is 0 Å². The lowest BCUT2D eigenvalue weighted by Crippen LogP contribution is -2.50. The van der Waals surface area contributed by atoms with Gasteiger partial charge in [-0.3, -0.25) is 4.79 Å². The standard InChI is InChI=1S/C12H14IN3O3/c13-9-3-1-8(2-4-9)12(17)16-5-6-19-10(7-16)11(14)15-18/h1-4,10,18H,5-7H2,(H2,14,15). The zero-order chi connectivity index (χ0) is 13.8. The van der Waals surface area contributed by atoms with Crippen molar-refractivity contribution < 1.29 is 14.7 Å². The van der Waals surface area contributed by atoms with E-state index >= 15 is 0 Å². The Morgan fingerprint density at radius 3 is 2.79 bits per heavy atom. The summed E-state index contributed by atoms with van der Waals surface area (Å²) in [5.41, 5.74) is 6.13. The van der Waals surface area contributed by atoms with E-state index in [-0.39, 0.29) is 11.7 Å². The van der Waals surface area contributed by atoms with Crippen LogP contribution in [0.2, 0.25) is 0 Å². The molecule has 1 aromatic carbocycles. The molecule has 1 unspecified atom stereocenters. The molecule has 0 aliphatic carbocycles. The lowest BCUT2D eigenvalue weighted by atomic mass is 10.1. The van der Waals surface area contributed by atoms with Gasteiger partial charge in [0.1, 0.15) is 6.10 Å². The Balaban J connectivity index is 2.09. The van der Waals surface area contributed by atoms with Gasteiger partial charge in [-0.15, -0.1) is 0 Å². The number of hydrogen-bond donors (Lipinski definition) is 2. The molecule has 19 heavy (non-hydrogen) atoms. The van der Waals surface area contributed by atoms with Gasteiger partial charge in [-0.2, -0.15) is 0 Å². The van der Waals surface area contributed by atoms with E-state index in [0.29, 0.717) is 25.3 Å². The summed E-state index contributed by atoms with van der Waals surface area (Å²) in [4.78, 5) is 13.9. The Labute approximate surface area is 124 Å². The number of halogens is 1. The summed E-state index contributed by atoms with van der Waals surface area (Å²) in [6.07, 6.45) is -0.549. The van der Waals surface area contributed by atoms with Gasteiger partial charge in [0.25, 0.3) is 5.91 Å². The molecule has 0 bridgehead atoms. The zero-order valence-electron chi connectivity index (χ0n) is 10.1. The van der Waals surface area contributed by atoms with Gasteiger partial charge in [-0.05, 0) is 46.9 Å². The summed E-state index contributed by atoms with van der Waals surface area (Å²) in [6, 6.07) is 7.35. The van der Waals surface area contributed by atoms with E-state index < -0.39 is 6.10 Å². The van der Waals surface area contributed by atoms with E-state index in [0.717, 1.165) is 3.57 Å². The van der Waals surface area contributed by atoms with Gasteiger partial charge in [0.15, 0.2) is 5.84 Å². The highest BCUT2D eigenvalue weighted by Gasteiger charge is 2.27. The largest absolute Gasteiger partial charge is 0.409 e. The molecule has 2 rings (SSSR count). The molecule has 1 aliphatic heterocycles. The first-order valence-electron chi connectivity index (χ1n) is 5.75. The minimum atomic E-state index is -0.549. The van der Waals surface area contributed by atoms with Crippen LogP contribution in [0.25, 0.3) is 0 Å². The minimum Gasteiger partial charge on any atom is -0.409 e. The van der Waals surface area contributed by atoms with Crippen LogP contribution < -0.4 is 5.73 Å². The fourth-order valence-corrected chi connectivity index (χ4v) is 2.21. The van der Waals surface area contributed by atoms with Crippen LogP contribution in [0.15, 0.2) is 29.4 Å². The van der Waals surface area contributed by atoms with Gasteiger partial charge >= 0.3 is 0 Å². The lowest BCUT2D eigenvalue weighted by Gasteiger charge is -2.32. The number of amidine groups is 1. The molecule has 0 aromatic heterocycles. The highest BCUT2D eigenvalue weighted by molar-refractivity contribution is 14.1. The smallest absolute Gasteiger partial charge is 0.254 e. The molecule has 1 heterocycles. The third-order valence-electron chi connectivity index (χ3n) is 2.89. The molecular weight excluding hydrogens is 361 g/mol. The number of oxime groups is 1. The van der Waals surface area contributed by atoms with Crippen LogP contribution in [0.1, 0.15) is 10.4 Å². The topological polar surface area (TPSA) is 88.2 Å². The van der Waals surface area contributed by atoms with Crippen molar-refractivity contribution >= 4 is 34.3 Å². The van der Waals surface area contributed by atoms with Gasteiger partial charge in [-0.1, -0.05) is 5.16 Å². The van der Waals surface area contributed by atoms with E-state index in [1.807, 2.05) is 12.1 Å². The molecule has 102 valence electrons. The van der Waals surface area contributed by atoms with Crippen molar-refractivity contribution in [3.63, 3.8) is 0 Å². The van der Waals surface area contributed by atoms with Crippen molar-refractivity contribution in [2.75, 3.05) is 19.7 Å². The maximum Gasteiger partial charge on any atom is 0.254 e. The second-order valence-electron chi connectivity index (χ2n) is 4.14. The Bertz CT molecular complexity index is 489. The van der Waals surface area contributed by atoms with Crippen LogP contribution in [0, 0.1) is 3.57 Å². The number of nitrogens with two attached hydrogens (primary N) is 1. The molecular formula is C12H14IN3O3. The van der Waals surface area contributed by atoms with Crippen LogP contribution >= 0.6 is 22.6 Å². The fourth-order valence-electron chi connectivity index (χ4n) is 1.85. The Morgan fingerprint density at radius 1 is 1.47 bits per heavy atom. The number of carbonyl (C=O) groups is 1. The molecule has 1 aromatic rings. The number of nitrogens with zero attached hydrogens (tertiary/aromatic N) is 2. The Kier molecular flexibility index (Phi) is 4.59. The molecule has 1 saturated heterocycles. The summed E-state index contributed by atoms with van der Waals surface area (Å²) in [5, 5.41) is 11.6. The molecule has 0 spiro atoms. The third kappa shape index (κ3) is 3.35. The molecule has 1 aliphatic rings. The number of morpholine rings is 1. The molecule has 0 saturated carbocycles. The summed E-state index contributed by atoms with van der Waals surface area (Å²) in [6.45, 7) is 1.16. The monoisotopic (exact) mass is 375 g/mol. The zero-order valence-corrected chi connectivity index (χ0v) is 12.3. The summed E-state index contributed by atoms with van der Waals surface area (Å²) in [5.74, 6) is -0.0875. The highest BCUT2D eigenvalue weighted by atomic mass is 127. The Hall–Kier alpha value is -1.35. The first-order valence-corrected chi connectivity index (χ1v) is 6.83. The molecule has 1 fully saturated rings. The van der Waals surface area contributed by atoms with Crippen molar-refractivity contribution in [1.29, 1.82) is 0 Å². The Morgan fingerprint density at radius 2 is 2.16 bits per heavy atom. The predicted molar refractivity (Wildman–Crippen MR) is 78.2 cm³/mol. The van der Waals surface area contributed by atoms with E-state index in [1.54, 1.807) is 17.0 Å². The number of ether oxygens (including phenoxy) is 1. The van der Waals surface area contributed by atoms with E-state index in [1.165, 1.54) is 0 Å². The van der Waals surface area contributed by atoms with Crippen LogP contribution in [0.4, 0.5) is 0 Å².